The van der Waals surface area contributed by atoms with E-state index in [1.807, 2.05) is 6.92 Å². The zero-order chi connectivity index (χ0) is 27.2. The van der Waals surface area contributed by atoms with Crippen LogP contribution >= 0.6 is 0 Å². The number of rotatable bonds is 10. The van der Waals surface area contributed by atoms with Gasteiger partial charge in [-0.1, -0.05) is 23.8 Å². The fraction of sp³-hybridized carbons (Fsp3) is 0.500. The van der Waals surface area contributed by atoms with Gasteiger partial charge in [-0.3, -0.25) is 9.59 Å². The molecule has 2 aliphatic rings. The molecule has 1 aromatic rings. The molecule has 11 heteroatoms. The molecule has 10 nitrogen and oxygen atoms in total. The highest BCUT2D eigenvalue weighted by atomic mass is 32.2. The highest BCUT2D eigenvalue weighted by molar-refractivity contribution is 7.89. The van der Waals surface area contributed by atoms with Gasteiger partial charge in [-0.2, -0.15) is 4.72 Å². The Bertz CT molecular complexity index is 1170. The maximum atomic E-state index is 13.8. The van der Waals surface area contributed by atoms with Crippen molar-refractivity contribution in [2.45, 2.75) is 56.5 Å². The van der Waals surface area contributed by atoms with Crippen LogP contribution in [0.25, 0.3) is 0 Å². The molecule has 1 aliphatic carbocycles. The standard InChI is InChI=1S/C26H35N3O7S/c1-5-35-24(31)22(28-37(33,34)20-10-8-18(2)9-11-20)17-26(23(30)21-7-6-16-27-21)14-12-19(13-15-26)36-25(32)29(3)4/h8-14,21-22,27-28H,5-7,15-17H2,1-4H3/t21-,22-,26?/m0/s1. The van der Waals surface area contributed by atoms with Gasteiger partial charge in [0.25, 0.3) is 0 Å². The minimum Gasteiger partial charge on any atom is -0.465 e. The Morgan fingerprint density at radius 1 is 1.22 bits per heavy atom. The van der Waals surface area contributed by atoms with E-state index in [0.29, 0.717) is 13.0 Å². The predicted octanol–water partition coefficient (Wildman–Crippen LogP) is 2.44. The SMILES string of the molecule is CCOC(=O)[C@H](CC1(C(=O)[C@@H]2CCCN2)C=CC(OC(=O)N(C)C)=CC1)NS(=O)(=O)c1ccc(C)cc1. The van der Waals surface area contributed by atoms with E-state index in [4.69, 9.17) is 9.47 Å². The van der Waals surface area contributed by atoms with Crippen molar-refractivity contribution in [2.75, 3.05) is 27.2 Å². The van der Waals surface area contributed by atoms with E-state index in [0.717, 1.165) is 12.0 Å². The van der Waals surface area contributed by atoms with Gasteiger partial charge in [-0.15, -0.1) is 0 Å². The van der Waals surface area contributed by atoms with Gasteiger partial charge in [0.05, 0.1) is 23.0 Å². The Kier molecular flexibility index (Phi) is 9.27. The number of ketones is 1. The molecule has 1 unspecified atom stereocenters. The van der Waals surface area contributed by atoms with Crippen molar-refractivity contribution in [1.29, 1.82) is 0 Å². The van der Waals surface area contributed by atoms with Crippen molar-refractivity contribution in [2.24, 2.45) is 5.41 Å². The number of amides is 1. The van der Waals surface area contributed by atoms with Crippen LogP contribution < -0.4 is 10.0 Å². The Hall–Kier alpha value is -3.02. The smallest absolute Gasteiger partial charge is 0.414 e. The molecule has 0 bridgehead atoms. The first-order valence-corrected chi connectivity index (χ1v) is 13.8. The summed E-state index contributed by atoms with van der Waals surface area (Å²) in [4.78, 5) is 40.0. The third kappa shape index (κ3) is 7.06. The van der Waals surface area contributed by atoms with E-state index in [2.05, 4.69) is 10.0 Å². The van der Waals surface area contributed by atoms with E-state index in [1.54, 1.807) is 45.3 Å². The first-order valence-electron chi connectivity index (χ1n) is 12.3. The molecule has 2 N–H and O–H groups in total. The molecule has 1 fully saturated rings. The van der Waals surface area contributed by atoms with Crippen LogP contribution in [0.3, 0.4) is 0 Å². The molecule has 1 heterocycles. The van der Waals surface area contributed by atoms with Crippen LogP contribution in [0.5, 0.6) is 0 Å². The second kappa shape index (κ2) is 12.0. The van der Waals surface area contributed by atoms with Gasteiger partial charge < -0.3 is 19.7 Å². The fourth-order valence-corrected chi connectivity index (χ4v) is 5.56. The summed E-state index contributed by atoms with van der Waals surface area (Å²) in [5.74, 6) is -0.652. The summed E-state index contributed by atoms with van der Waals surface area (Å²) < 4.78 is 39.3. The average Bonchev–Trinajstić information content (AvgIpc) is 3.39. The molecule has 0 radical (unpaired) electrons. The topological polar surface area (TPSA) is 131 Å². The van der Waals surface area contributed by atoms with Crippen molar-refractivity contribution in [3.63, 3.8) is 0 Å². The molecule has 202 valence electrons. The number of ether oxygens (including phenoxy) is 2. The number of allylic oxidation sites excluding steroid dienone is 3. The zero-order valence-corrected chi connectivity index (χ0v) is 22.5. The summed E-state index contributed by atoms with van der Waals surface area (Å²) in [7, 11) is -0.981. The van der Waals surface area contributed by atoms with Crippen LogP contribution in [0.2, 0.25) is 0 Å². The lowest BCUT2D eigenvalue weighted by molar-refractivity contribution is -0.146. The molecule has 3 rings (SSSR count). The van der Waals surface area contributed by atoms with Crippen molar-refractivity contribution in [3.05, 3.63) is 53.8 Å². The van der Waals surface area contributed by atoms with Crippen molar-refractivity contribution < 1.29 is 32.3 Å². The van der Waals surface area contributed by atoms with Gasteiger partial charge in [0.1, 0.15) is 11.8 Å². The Labute approximate surface area is 218 Å². The van der Waals surface area contributed by atoms with Crippen LogP contribution in [0.4, 0.5) is 4.79 Å². The molecule has 37 heavy (non-hydrogen) atoms. The monoisotopic (exact) mass is 533 g/mol. The van der Waals surface area contributed by atoms with Gasteiger partial charge >= 0.3 is 12.1 Å². The second-order valence-electron chi connectivity index (χ2n) is 9.52. The van der Waals surface area contributed by atoms with Crippen LogP contribution in [0, 0.1) is 12.3 Å². The number of esters is 1. The lowest BCUT2D eigenvalue weighted by Gasteiger charge is -2.35. The quantitative estimate of drug-likeness (QED) is 0.439. The molecule has 1 aliphatic heterocycles. The molecule has 1 saturated heterocycles. The normalized spacial score (nSPS) is 22.2. The third-order valence-electron chi connectivity index (χ3n) is 6.44. The van der Waals surface area contributed by atoms with E-state index in [9.17, 15) is 22.8 Å². The number of nitrogens with one attached hydrogen (secondary N) is 2. The number of Topliss-reactive ketones (excluding diaryl/α,β-unsaturated/α-hetero) is 1. The average molecular weight is 534 g/mol. The van der Waals surface area contributed by atoms with Gasteiger partial charge in [0, 0.05) is 14.1 Å². The molecular formula is C26H35N3O7S. The summed E-state index contributed by atoms with van der Waals surface area (Å²) in [5, 5.41) is 3.19. The van der Waals surface area contributed by atoms with Gasteiger partial charge in [-0.05, 0) is 70.4 Å². The van der Waals surface area contributed by atoms with E-state index in [-0.39, 0.29) is 35.9 Å². The summed E-state index contributed by atoms with van der Waals surface area (Å²) in [6.07, 6.45) is 5.62. The summed E-state index contributed by atoms with van der Waals surface area (Å²) in [6, 6.07) is 4.49. The number of sulfonamides is 1. The molecule has 0 saturated carbocycles. The number of benzene rings is 1. The molecule has 1 amide bonds. The van der Waals surface area contributed by atoms with Gasteiger partial charge in [0.2, 0.25) is 10.0 Å². The highest BCUT2D eigenvalue weighted by Crippen LogP contribution is 2.39. The third-order valence-corrected chi connectivity index (χ3v) is 7.93. The van der Waals surface area contributed by atoms with Crippen LogP contribution in [0.1, 0.15) is 38.2 Å². The van der Waals surface area contributed by atoms with Crippen molar-refractivity contribution in [1.82, 2.24) is 14.9 Å². The first kappa shape index (κ1) is 28.5. The maximum absolute atomic E-state index is 13.8. The molecule has 0 aromatic heterocycles. The number of nitrogens with zero attached hydrogens (tertiary/aromatic N) is 1. The van der Waals surface area contributed by atoms with E-state index >= 15 is 0 Å². The molecule has 1 aromatic carbocycles. The predicted molar refractivity (Wildman–Crippen MR) is 137 cm³/mol. The molecular weight excluding hydrogens is 498 g/mol. The van der Waals surface area contributed by atoms with Crippen LogP contribution in [-0.4, -0.2) is 70.5 Å². The lowest BCUT2D eigenvalue weighted by Crippen LogP contribution is -2.50. The summed E-state index contributed by atoms with van der Waals surface area (Å²) >= 11 is 0. The van der Waals surface area contributed by atoms with Gasteiger partial charge in [-0.25, -0.2) is 13.2 Å². The minimum absolute atomic E-state index is 0.00204. The van der Waals surface area contributed by atoms with E-state index < -0.39 is 39.6 Å². The van der Waals surface area contributed by atoms with Gasteiger partial charge in [0.15, 0.2) is 5.78 Å². The number of carbonyl (C=O) groups is 3. The summed E-state index contributed by atoms with van der Waals surface area (Å²) in [5.41, 5.74) is -0.331. The zero-order valence-electron chi connectivity index (χ0n) is 21.7. The van der Waals surface area contributed by atoms with Crippen LogP contribution in [-0.2, 0) is 29.1 Å². The highest BCUT2D eigenvalue weighted by Gasteiger charge is 2.45. The number of hydrogen-bond donors (Lipinski definition) is 2. The molecule has 3 atom stereocenters. The van der Waals surface area contributed by atoms with Crippen molar-refractivity contribution in [3.8, 4) is 0 Å². The number of aryl methyl sites for hydroxylation is 1. The maximum Gasteiger partial charge on any atom is 0.414 e. The number of hydrogen-bond acceptors (Lipinski definition) is 8. The largest absolute Gasteiger partial charge is 0.465 e. The number of carbonyl (C=O) groups excluding carboxylic acids is 3. The Balaban J connectivity index is 1.93. The fourth-order valence-electron chi connectivity index (χ4n) is 4.37. The molecule has 0 spiro atoms. The first-order chi connectivity index (χ1) is 17.5. The van der Waals surface area contributed by atoms with Crippen molar-refractivity contribution >= 4 is 27.9 Å². The Morgan fingerprint density at radius 2 is 1.92 bits per heavy atom. The minimum atomic E-state index is -4.09. The Morgan fingerprint density at radius 3 is 2.46 bits per heavy atom. The van der Waals surface area contributed by atoms with Crippen LogP contribution in [0.15, 0.2) is 53.1 Å². The lowest BCUT2D eigenvalue weighted by atomic mass is 9.70. The second-order valence-corrected chi connectivity index (χ2v) is 11.2. The van der Waals surface area contributed by atoms with E-state index in [1.165, 1.54) is 23.1 Å². The summed E-state index contributed by atoms with van der Waals surface area (Å²) in [6.45, 7) is 4.21.